The van der Waals surface area contributed by atoms with Gasteiger partial charge in [0.25, 0.3) is 0 Å². The minimum atomic E-state index is -0.00923. The number of nitrogens with zero attached hydrogens (tertiary/aromatic N) is 1. The number of carbonyl (C=O) groups excluding carboxylic acids is 3. The van der Waals surface area contributed by atoms with E-state index in [9.17, 15) is 14.4 Å². The van der Waals surface area contributed by atoms with E-state index in [0.29, 0.717) is 37.3 Å². The number of piperidine rings is 1. The van der Waals surface area contributed by atoms with E-state index >= 15 is 0 Å². The molecule has 0 bridgehead atoms. The molecule has 1 aliphatic heterocycles. The molecular formula is C20H28N2O4. The van der Waals surface area contributed by atoms with Crippen molar-refractivity contribution < 1.29 is 19.1 Å². The Morgan fingerprint density at radius 1 is 1.12 bits per heavy atom. The summed E-state index contributed by atoms with van der Waals surface area (Å²) in [4.78, 5) is 37.3. The van der Waals surface area contributed by atoms with Gasteiger partial charge in [0.1, 0.15) is 5.75 Å². The first-order valence-electron chi connectivity index (χ1n) is 9.19. The molecule has 142 valence electrons. The summed E-state index contributed by atoms with van der Waals surface area (Å²) >= 11 is 0. The van der Waals surface area contributed by atoms with Crippen molar-refractivity contribution >= 4 is 17.6 Å². The number of hydrogen-bond acceptors (Lipinski definition) is 4. The van der Waals surface area contributed by atoms with Gasteiger partial charge in [0, 0.05) is 45.0 Å². The van der Waals surface area contributed by atoms with Crippen LogP contribution in [0.25, 0.3) is 0 Å². The number of benzene rings is 1. The first kappa shape index (κ1) is 19.9. The van der Waals surface area contributed by atoms with Gasteiger partial charge in [0.05, 0.1) is 7.11 Å². The van der Waals surface area contributed by atoms with Gasteiger partial charge in [-0.3, -0.25) is 14.4 Å². The van der Waals surface area contributed by atoms with E-state index in [2.05, 4.69) is 5.32 Å². The highest BCUT2D eigenvalue weighted by molar-refractivity contribution is 5.96. The summed E-state index contributed by atoms with van der Waals surface area (Å²) in [5.74, 6) is 1.32. The highest BCUT2D eigenvalue weighted by Crippen LogP contribution is 2.18. The van der Waals surface area contributed by atoms with Gasteiger partial charge in [-0.25, -0.2) is 0 Å². The number of rotatable bonds is 8. The van der Waals surface area contributed by atoms with Crippen molar-refractivity contribution in [3.05, 3.63) is 29.8 Å². The molecule has 2 amide bonds. The SMILES string of the molecule is COc1ccc(C(=O)CCCC(=O)N2CCC(CNC(C)=O)CC2)cc1. The average Bonchev–Trinajstić information content (AvgIpc) is 2.66. The predicted molar refractivity (Wildman–Crippen MR) is 99.2 cm³/mol. The van der Waals surface area contributed by atoms with Crippen LogP contribution in [0.5, 0.6) is 5.75 Å². The van der Waals surface area contributed by atoms with Gasteiger partial charge in [-0.2, -0.15) is 0 Å². The Kier molecular flexibility index (Phi) is 7.63. The molecule has 0 radical (unpaired) electrons. The van der Waals surface area contributed by atoms with E-state index < -0.39 is 0 Å². The minimum absolute atomic E-state index is 0.00923. The number of ether oxygens (including phenoxy) is 1. The summed E-state index contributed by atoms with van der Waals surface area (Å²) in [6.45, 7) is 3.67. The Labute approximate surface area is 154 Å². The molecule has 1 aliphatic rings. The molecule has 1 heterocycles. The number of amides is 2. The van der Waals surface area contributed by atoms with Crippen molar-refractivity contribution in [3.8, 4) is 5.75 Å². The van der Waals surface area contributed by atoms with Gasteiger partial charge in [-0.05, 0) is 49.4 Å². The fourth-order valence-electron chi connectivity index (χ4n) is 3.15. The number of methoxy groups -OCH3 is 1. The van der Waals surface area contributed by atoms with Crippen LogP contribution in [0.1, 0.15) is 49.4 Å². The van der Waals surface area contributed by atoms with Crippen LogP contribution in [0.4, 0.5) is 0 Å². The van der Waals surface area contributed by atoms with Gasteiger partial charge in [0.15, 0.2) is 5.78 Å². The van der Waals surface area contributed by atoms with Crippen molar-refractivity contribution in [2.24, 2.45) is 5.92 Å². The van der Waals surface area contributed by atoms with Crippen LogP contribution in [0.2, 0.25) is 0 Å². The molecule has 2 rings (SSSR count). The molecule has 26 heavy (non-hydrogen) atoms. The summed E-state index contributed by atoms with van der Waals surface area (Å²) in [5, 5.41) is 2.84. The van der Waals surface area contributed by atoms with Gasteiger partial charge in [0.2, 0.25) is 11.8 Å². The average molecular weight is 360 g/mol. The normalized spacial score (nSPS) is 14.8. The topological polar surface area (TPSA) is 75.7 Å². The zero-order chi connectivity index (χ0) is 18.9. The molecule has 1 aromatic rings. The van der Waals surface area contributed by atoms with E-state index in [1.54, 1.807) is 31.4 Å². The van der Waals surface area contributed by atoms with Crippen LogP contribution in [0.3, 0.4) is 0 Å². The molecule has 1 saturated heterocycles. The second-order valence-corrected chi connectivity index (χ2v) is 6.77. The third-order valence-electron chi connectivity index (χ3n) is 4.81. The molecule has 0 aromatic heterocycles. The van der Waals surface area contributed by atoms with Gasteiger partial charge in [-0.15, -0.1) is 0 Å². The van der Waals surface area contributed by atoms with Gasteiger partial charge in [-0.1, -0.05) is 0 Å². The van der Waals surface area contributed by atoms with Crippen molar-refractivity contribution in [1.29, 1.82) is 0 Å². The van der Waals surface area contributed by atoms with Crippen LogP contribution in [0.15, 0.2) is 24.3 Å². The van der Waals surface area contributed by atoms with Crippen molar-refractivity contribution in [3.63, 3.8) is 0 Å². The van der Waals surface area contributed by atoms with Crippen LogP contribution >= 0.6 is 0 Å². The monoisotopic (exact) mass is 360 g/mol. The Balaban J connectivity index is 1.67. The third-order valence-corrected chi connectivity index (χ3v) is 4.81. The first-order valence-corrected chi connectivity index (χ1v) is 9.19. The maximum absolute atomic E-state index is 12.3. The fraction of sp³-hybridized carbons (Fsp3) is 0.550. The lowest BCUT2D eigenvalue weighted by Gasteiger charge is -2.32. The largest absolute Gasteiger partial charge is 0.497 e. The van der Waals surface area contributed by atoms with Crippen LogP contribution in [-0.4, -0.2) is 49.2 Å². The van der Waals surface area contributed by atoms with Crippen molar-refractivity contribution in [1.82, 2.24) is 10.2 Å². The summed E-state index contributed by atoms with van der Waals surface area (Å²) in [5.41, 5.74) is 0.650. The summed E-state index contributed by atoms with van der Waals surface area (Å²) in [6.07, 6.45) is 3.17. The number of hydrogen-bond donors (Lipinski definition) is 1. The van der Waals surface area contributed by atoms with Crippen LogP contribution in [-0.2, 0) is 9.59 Å². The molecule has 1 fully saturated rings. The number of likely N-dealkylation sites (tertiary alicyclic amines) is 1. The molecule has 0 unspecified atom stereocenters. The number of carbonyl (C=O) groups is 3. The lowest BCUT2D eigenvalue weighted by Crippen LogP contribution is -2.41. The molecule has 6 heteroatoms. The zero-order valence-corrected chi connectivity index (χ0v) is 15.6. The highest BCUT2D eigenvalue weighted by Gasteiger charge is 2.22. The molecule has 0 spiro atoms. The number of ketones is 1. The fourth-order valence-corrected chi connectivity index (χ4v) is 3.15. The highest BCUT2D eigenvalue weighted by atomic mass is 16.5. The third kappa shape index (κ3) is 6.17. The number of Topliss-reactive ketones (excluding diaryl/α,β-unsaturated/α-hetero) is 1. The minimum Gasteiger partial charge on any atom is -0.497 e. The number of nitrogens with one attached hydrogen (secondary N) is 1. The predicted octanol–water partition coefficient (Wildman–Crippen LogP) is 2.42. The summed E-state index contributed by atoms with van der Waals surface area (Å²) in [6, 6.07) is 7.04. The van der Waals surface area contributed by atoms with Crippen LogP contribution in [0, 0.1) is 5.92 Å². The zero-order valence-electron chi connectivity index (χ0n) is 15.6. The molecule has 1 aromatic carbocycles. The van der Waals surface area contributed by atoms with Crippen molar-refractivity contribution in [2.75, 3.05) is 26.7 Å². The van der Waals surface area contributed by atoms with Crippen LogP contribution < -0.4 is 10.1 Å². The quantitative estimate of drug-likeness (QED) is 0.723. The van der Waals surface area contributed by atoms with E-state index in [-0.39, 0.29) is 17.6 Å². The second-order valence-electron chi connectivity index (χ2n) is 6.77. The lowest BCUT2D eigenvalue weighted by molar-refractivity contribution is -0.132. The molecular weight excluding hydrogens is 332 g/mol. The molecule has 0 saturated carbocycles. The first-order chi connectivity index (χ1) is 12.5. The van der Waals surface area contributed by atoms with Gasteiger partial charge >= 0.3 is 0 Å². The summed E-state index contributed by atoms with van der Waals surface area (Å²) in [7, 11) is 1.59. The van der Waals surface area contributed by atoms with Crippen molar-refractivity contribution in [2.45, 2.75) is 39.0 Å². The smallest absolute Gasteiger partial charge is 0.222 e. The molecule has 1 N–H and O–H groups in total. The maximum atomic E-state index is 12.3. The molecule has 0 aliphatic carbocycles. The standard InChI is InChI=1S/C20H28N2O4/c1-15(23)21-14-16-10-12-22(13-11-16)20(25)5-3-4-19(24)17-6-8-18(26-2)9-7-17/h6-9,16H,3-5,10-14H2,1-2H3,(H,21,23). The van der Waals surface area contributed by atoms with E-state index in [0.717, 1.165) is 31.7 Å². The van der Waals surface area contributed by atoms with E-state index in [4.69, 9.17) is 4.74 Å². The molecule has 0 atom stereocenters. The Hall–Kier alpha value is -2.37. The van der Waals surface area contributed by atoms with E-state index in [1.807, 2.05) is 4.90 Å². The second kappa shape index (κ2) is 9.94. The maximum Gasteiger partial charge on any atom is 0.222 e. The van der Waals surface area contributed by atoms with E-state index in [1.165, 1.54) is 6.92 Å². The Morgan fingerprint density at radius 2 is 1.77 bits per heavy atom. The lowest BCUT2D eigenvalue weighted by atomic mass is 9.96. The molecule has 6 nitrogen and oxygen atoms in total. The summed E-state index contributed by atoms with van der Waals surface area (Å²) < 4.78 is 5.08. The van der Waals surface area contributed by atoms with Gasteiger partial charge < -0.3 is 15.0 Å². The Morgan fingerprint density at radius 3 is 2.35 bits per heavy atom. The Bertz CT molecular complexity index is 619.